The fourth-order valence-electron chi connectivity index (χ4n) is 6.71. The summed E-state index contributed by atoms with van der Waals surface area (Å²) in [5, 5.41) is 0. The van der Waals surface area contributed by atoms with Crippen molar-refractivity contribution in [1.82, 2.24) is 19.9 Å². The van der Waals surface area contributed by atoms with Gasteiger partial charge in [-0.05, 0) is 131 Å². The van der Waals surface area contributed by atoms with E-state index in [1.807, 2.05) is 72.8 Å². The van der Waals surface area contributed by atoms with E-state index in [9.17, 15) is 0 Å². The number of hydrogen-bond donors (Lipinski definition) is 3. The van der Waals surface area contributed by atoms with E-state index >= 15 is 17.6 Å². The third-order valence-corrected chi connectivity index (χ3v) is 11.3. The van der Waals surface area contributed by atoms with Gasteiger partial charge in [0.25, 0.3) is 0 Å². The van der Waals surface area contributed by atoms with Crippen molar-refractivity contribution >= 4 is 86.4 Å². The predicted octanol–water partition coefficient (Wildman–Crippen LogP) is 12.5. The Morgan fingerprint density at radius 3 is 1.81 bits per heavy atom. The van der Waals surface area contributed by atoms with E-state index in [4.69, 9.17) is 15.5 Å². The van der Waals surface area contributed by atoms with Crippen LogP contribution in [0.3, 0.4) is 0 Å². The van der Waals surface area contributed by atoms with Crippen LogP contribution in [0.4, 0.5) is 23.2 Å². The standard InChI is InChI=1S/C45H28F4IN5OS/c46-41-40(42(47)44(49)45(43(41)48)57-37-4-2-1-3-32(37)51)39-35-19-13-29(54-35)21-27-11-17-33(52-27)38(34-18-12-28(53-34)22-30-14-20-36(39)55-30)25-7-15-31(16-8-25)56-23-24-5-9-26(50)10-6-24/h1-22,52,55H,23,51H2. The number of aromatic nitrogens is 4. The van der Waals surface area contributed by atoms with Crippen LogP contribution in [0.15, 0.2) is 119 Å². The first-order valence-corrected chi connectivity index (χ1v) is 19.5. The molecule has 6 nitrogen and oxygen atoms in total. The minimum atomic E-state index is -1.56. The average molecular weight is 890 g/mol. The lowest BCUT2D eigenvalue weighted by atomic mass is 10.0. The molecule has 8 bridgehead atoms. The van der Waals surface area contributed by atoms with Crippen LogP contribution in [0, 0.1) is 26.8 Å². The first-order chi connectivity index (χ1) is 27.7. The third-order valence-electron chi connectivity index (χ3n) is 9.46. The Bertz CT molecular complexity index is 2930. The number of fused-ring (bicyclic) bond motifs is 8. The van der Waals surface area contributed by atoms with Crippen molar-refractivity contribution in [3.8, 4) is 28.0 Å². The summed E-state index contributed by atoms with van der Waals surface area (Å²) in [6.07, 6.45) is 6.99. The molecule has 0 aliphatic carbocycles. The molecule has 57 heavy (non-hydrogen) atoms. The third kappa shape index (κ3) is 7.22. The van der Waals surface area contributed by atoms with E-state index in [1.165, 1.54) is 12.1 Å². The molecule has 4 aromatic carbocycles. The second kappa shape index (κ2) is 15.1. The Balaban J connectivity index is 1.17. The van der Waals surface area contributed by atoms with Crippen molar-refractivity contribution in [2.24, 2.45) is 0 Å². The minimum Gasteiger partial charge on any atom is -0.489 e. The molecule has 2 aliphatic rings. The zero-order chi connectivity index (χ0) is 39.2. The van der Waals surface area contributed by atoms with Gasteiger partial charge in [0.1, 0.15) is 12.4 Å². The molecule has 7 aromatic rings. The second-order valence-electron chi connectivity index (χ2n) is 13.2. The number of benzene rings is 4. The van der Waals surface area contributed by atoms with E-state index in [0.717, 1.165) is 31.5 Å². The number of nitrogen functional groups attached to an aromatic ring is 1. The van der Waals surface area contributed by atoms with E-state index in [1.54, 1.807) is 48.6 Å². The number of rotatable bonds is 7. The van der Waals surface area contributed by atoms with Crippen molar-refractivity contribution in [3.63, 3.8) is 0 Å². The summed E-state index contributed by atoms with van der Waals surface area (Å²) in [7, 11) is 0. The average Bonchev–Trinajstić information content (AvgIpc) is 4.06. The van der Waals surface area contributed by atoms with E-state index < -0.39 is 33.7 Å². The highest BCUT2D eigenvalue weighted by Gasteiger charge is 2.30. The van der Waals surface area contributed by atoms with Gasteiger partial charge in [-0.15, -0.1) is 0 Å². The lowest BCUT2D eigenvalue weighted by molar-refractivity contribution is 0.306. The highest BCUT2D eigenvalue weighted by molar-refractivity contribution is 14.1. The molecule has 12 heteroatoms. The fourth-order valence-corrected chi connectivity index (χ4v) is 7.98. The molecule has 5 heterocycles. The Hall–Kier alpha value is -6.12. The lowest BCUT2D eigenvalue weighted by Crippen LogP contribution is -2.04. The molecule has 0 amide bonds. The van der Waals surface area contributed by atoms with Crippen molar-refractivity contribution in [2.45, 2.75) is 16.4 Å². The monoisotopic (exact) mass is 889 g/mol. The van der Waals surface area contributed by atoms with Crippen LogP contribution in [0.1, 0.15) is 28.3 Å². The van der Waals surface area contributed by atoms with Gasteiger partial charge in [-0.1, -0.05) is 48.2 Å². The molecule has 0 unspecified atom stereocenters. The summed E-state index contributed by atoms with van der Waals surface area (Å²) < 4.78 is 71.3. The number of anilines is 1. The molecule has 0 fully saturated rings. The fraction of sp³-hybridized carbons (Fsp3) is 0.0222. The Kier molecular flexibility index (Phi) is 9.66. The van der Waals surface area contributed by atoms with E-state index in [2.05, 4.69) is 37.5 Å². The Morgan fingerprint density at radius 2 is 1.19 bits per heavy atom. The van der Waals surface area contributed by atoms with Crippen molar-refractivity contribution in [2.75, 3.05) is 5.73 Å². The van der Waals surface area contributed by atoms with Crippen LogP contribution in [0.5, 0.6) is 5.75 Å². The second-order valence-corrected chi connectivity index (χ2v) is 15.5. The number of halogens is 5. The number of H-pyrrole nitrogens is 2. The maximum Gasteiger partial charge on any atom is 0.176 e. The Labute approximate surface area is 341 Å². The minimum absolute atomic E-state index is 0.100. The first-order valence-electron chi connectivity index (χ1n) is 17.7. The Morgan fingerprint density at radius 1 is 0.614 bits per heavy atom. The largest absolute Gasteiger partial charge is 0.489 e. The van der Waals surface area contributed by atoms with Crippen molar-refractivity contribution in [1.29, 1.82) is 0 Å². The van der Waals surface area contributed by atoms with Crippen LogP contribution >= 0.6 is 34.4 Å². The van der Waals surface area contributed by atoms with Gasteiger partial charge in [-0.2, -0.15) is 0 Å². The zero-order valence-corrected chi connectivity index (χ0v) is 32.6. The summed E-state index contributed by atoms with van der Waals surface area (Å²) >= 11 is 2.79. The summed E-state index contributed by atoms with van der Waals surface area (Å²) in [6, 6.07) is 33.0. The molecule has 9 rings (SSSR count). The number of para-hydroxylation sites is 1. The number of nitrogens with two attached hydrogens (primary N) is 1. The number of ether oxygens (including phenoxy) is 1. The molecular formula is C45H28F4IN5OS. The van der Waals surface area contributed by atoms with Crippen LogP contribution in [0.25, 0.3) is 68.6 Å². The van der Waals surface area contributed by atoms with Gasteiger partial charge in [0, 0.05) is 47.3 Å². The zero-order valence-electron chi connectivity index (χ0n) is 29.6. The summed E-state index contributed by atoms with van der Waals surface area (Å²) in [4.78, 5) is 15.6. The highest BCUT2D eigenvalue weighted by atomic mass is 127. The van der Waals surface area contributed by atoms with Gasteiger partial charge in [0.05, 0.1) is 33.2 Å². The quantitative estimate of drug-likeness (QED) is 0.0642. The van der Waals surface area contributed by atoms with Gasteiger partial charge in [0.2, 0.25) is 0 Å². The molecule has 0 radical (unpaired) electrons. The van der Waals surface area contributed by atoms with Crippen LogP contribution < -0.4 is 10.5 Å². The number of nitrogens with zero attached hydrogens (tertiary/aromatic N) is 2. The van der Waals surface area contributed by atoms with Gasteiger partial charge < -0.3 is 20.4 Å². The van der Waals surface area contributed by atoms with Gasteiger partial charge in [-0.25, -0.2) is 27.5 Å². The molecular weight excluding hydrogens is 861 g/mol. The first kappa shape index (κ1) is 36.5. The van der Waals surface area contributed by atoms with Gasteiger partial charge in [0.15, 0.2) is 23.3 Å². The highest BCUT2D eigenvalue weighted by Crippen LogP contribution is 2.43. The molecule has 0 atom stereocenters. The molecule has 280 valence electrons. The molecule has 4 N–H and O–H groups in total. The molecule has 2 aliphatic heterocycles. The summed E-state index contributed by atoms with van der Waals surface area (Å²) in [5.74, 6) is -5.48. The number of aromatic amines is 2. The summed E-state index contributed by atoms with van der Waals surface area (Å²) in [6.45, 7) is 0.442. The van der Waals surface area contributed by atoms with Gasteiger partial charge >= 0.3 is 0 Å². The SMILES string of the molecule is Nc1ccccc1Sc1c(F)c(F)c(-c2c3nc(cc4ccc([nH]4)c(-c4ccc(OCc5ccc(I)cc5)cc4)c4nc(cc5ccc2[nH]5)C=C4)C=C3)c(F)c1F. The van der Waals surface area contributed by atoms with Crippen LogP contribution in [-0.4, -0.2) is 19.9 Å². The molecule has 3 aromatic heterocycles. The lowest BCUT2D eigenvalue weighted by Gasteiger charge is -2.13. The maximum atomic E-state index is 16.2. The molecule has 0 saturated heterocycles. The van der Waals surface area contributed by atoms with Crippen molar-refractivity contribution < 1.29 is 22.3 Å². The predicted molar refractivity (Wildman–Crippen MR) is 228 cm³/mol. The van der Waals surface area contributed by atoms with Crippen LogP contribution in [-0.2, 0) is 6.61 Å². The van der Waals surface area contributed by atoms with Crippen molar-refractivity contribution in [3.05, 3.63) is 164 Å². The number of hydrogen-bond acceptors (Lipinski definition) is 5. The van der Waals surface area contributed by atoms with E-state index in [-0.39, 0.29) is 27.4 Å². The van der Waals surface area contributed by atoms with Crippen LogP contribution in [0.2, 0.25) is 0 Å². The molecule has 0 spiro atoms. The summed E-state index contributed by atoms with van der Waals surface area (Å²) in [5.41, 5.74) is 12.0. The molecule has 0 saturated carbocycles. The smallest absolute Gasteiger partial charge is 0.176 e. The van der Waals surface area contributed by atoms with Gasteiger partial charge in [-0.3, -0.25) is 0 Å². The topological polar surface area (TPSA) is 92.6 Å². The maximum absolute atomic E-state index is 16.2. The van der Waals surface area contributed by atoms with E-state index in [0.29, 0.717) is 46.5 Å². The normalized spacial score (nSPS) is 12.0. The number of nitrogens with one attached hydrogen (secondary N) is 2.